The molecule has 0 aromatic rings. The van der Waals surface area contributed by atoms with Gasteiger partial charge in [-0.15, -0.1) is 0 Å². The van der Waals surface area contributed by atoms with E-state index in [1.54, 1.807) is 0 Å². The lowest BCUT2D eigenvalue weighted by Crippen LogP contribution is -2.51. The first-order valence-electron chi connectivity index (χ1n) is 9.23. The standard InChI is InChI=1S/C18H31NO2/c20-17-11-4-3-9-15(17)16-10-5-6-12-19(16)18(21)13-14-7-1-2-8-14/h14-17,20H,1-13H2. The predicted octanol–water partition coefficient (Wildman–Crippen LogP) is 3.50. The third-order valence-electron chi connectivity index (χ3n) is 6.08. The number of aliphatic hydroxyl groups is 1. The molecule has 21 heavy (non-hydrogen) atoms. The summed E-state index contributed by atoms with van der Waals surface area (Å²) in [7, 11) is 0. The van der Waals surface area contributed by atoms with Crippen molar-refractivity contribution in [1.82, 2.24) is 4.90 Å². The molecule has 1 aliphatic heterocycles. The van der Waals surface area contributed by atoms with Gasteiger partial charge in [-0.1, -0.05) is 25.7 Å². The molecule has 2 saturated carbocycles. The summed E-state index contributed by atoms with van der Waals surface area (Å²) in [5.74, 6) is 1.35. The molecule has 3 aliphatic rings. The number of piperidine rings is 1. The summed E-state index contributed by atoms with van der Waals surface area (Å²) in [6.07, 6.45) is 13.6. The van der Waals surface area contributed by atoms with Crippen LogP contribution in [-0.4, -0.2) is 34.6 Å². The quantitative estimate of drug-likeness (QED) is 0.865. The minimum absolute atomic E-state index is 0.177. The lowest BCUT2D eigenvalue weighted by Gasteiger charge is -2.44. The minimum atomic E-state index is -0.177. The van der Waals surface area contributed by atoms with Gasteiger partial charge in [0.05, 0.1) is 6.10 Å². The van der Waals surface area contributed by atoms with Crippen LogP contribution in [0.5, 0.6) is 0 Å². The highest BCUT2D eigenvalue weighted by atomic mass is 16.3. The molecule has 0 aromatic heterocycles. The van der Waals surface area contributed by atoms with E-state index < -0.39 is 0 Å². The van der Waals surface area contributed by atoms with Crippen molar-refractivity contribution in [3.8, 4) is 0 Å². The first-order chi connectivity index (χ1) is 10.3. The van der Waals surface area contributed by atoms with E-state index in [1.165, 1.54) is 38.5 Å². The van der Waals surface area contributed by atoms with Gasteiger partial charge in [-0.25, -0.2) is 0 Å². The minimum Gasteiger partial charge on any atom is -0.393 e. The van der Waals surface area contributed by atoms with E-state index in [-0.39, 0.29) is 6.10 Å². The summed E-state index contributed by atoms with van der Waals surface area (Å²) in [4.78, 5) is 14.9. The zero-order valence-corrected chi connectivity index (χ0v) is 13.3. The number of rotatable bonds is 3. The average Bonchev–Trinajstić information content (AvgIpc) is 3.01. The van der Waals surface area contributed by atoms with Gasteiger partial charge in [0.2, 0.25) is 5.91 Å². The lowest BCUT2D eigenvalue weighted by molar-refractivity contribution is -0.139. The van der Waals surface area contributed by atoms with Crippen LogP contribution in [0.3, 0.4) is 0 Å². The number of hydrogen-bond acceptors (Lipinski definition) is 2. The van der Waals surface area contributed by atoms with Gasteiger partial charge in [-0.05, 0) is 50.9 Å². The van der Waals surface area contributed by atoms with Crippen molar-refractivity contribution in [1.29, 1.82) is 0 Å². The largest absolute Gasteiger partial charge is 0.393 e. The fourth-order valence-electron chi connectivity index (χ4n) is 4.88. The van der Waals surface area contributed by atoms with E-state index in [2.05, 4.69) is 4.90 Å². The van der Waals surface area contributed by atoms with E-state index in [1.807, 2.05) is 0 Å². The van der Waals surface area contributed by atoms with Crippen LogP contribution in [0.2, 0.25) is 0 Å². The molecule has 1 N–H and O–H groups in total. The Kier molecular flexibility index (Phi) is 5.20. The van der Waals surface area contributed by atoms with Crippen molar-refractivity contribution in [3.05, 3.63) is 0 Å². The second-order valence-corrected chi connectivity index (χ2v) is 7.52. The Bertz CT molecular complexity index is 351. The molecule has 0 bridgehead atoms. The van der Waals surface area contributed by atoms with Gasteiger partial charge < -0.3 is 10.0 Å². The maximum atomic E-state index is 12.8. The van der Waals surface area contributed by atoms with Crippen LogP contribution in [0.1, 0.15) is 77.0 Å². The molecule has 1 saturated heterocycles. The maximum Gasteiger partial charge on any atom is 0.223 e. The first kappa shape index (κ1) is 15.3. The van der Waals surface area contributed by atoms with Gasteiger partial charge in [0.15, 0.2) is 0 Å². The second-order valence-electron chi connectivity index (χ2n) is 7.52. The molecule has 1 heterocycles. The molecule has 3 nitrogen and oxygen atoms in total. The highest BCUT2D eigenvalue weighted by Crippen LogP contribution is 2.35. The molecule has 0 spiro atoms. The molecule has 3 unspecified atom stereocenters. The average molecular weight is 293 g/mol. The molecule has 3 atom stereocenters. The normalized spacial score (nSPS) is 35.1. The Morgan fingerprint density at radius 1 is 0.905 bits per heavy atom. The predicted molar refractivity (Wildman–Crippen MR) is 83.9 cm³/mol. The van der Waals surface area contributed by atoms with E-state index in [0.717, 1.165) is 45.1 Å². The van der Waals surface area contributed by atoms with Gasteiger partial charge in [0.25, 0.3) is 0 Å². The maximum absolute atomic E-state index is 12.8. The van der Waals surface area contributed by atoms with Crippen LogP contribution < -0.4 is 0 Å². The number of likely N-dealkylation sites (tertiary alicyclic amines) is 1. The summed E-state index contributed by atoms with van der Waals surface area (Å²) < 4.78 is 0. The van der Waals surface area contributed by atoms with Gasteiger partial charge in [0.1, 0.15) is 0 Å². The Hall–Kier alpha value is -0.570. The van der Waals surface area contributed by atoms with Crippen molar-refractivity contribution in [2.75, 3.05) is 6.54 Å². The van der Waals surface area contributed by atoms with Crippen LogP contribution >= 0.6 is 0 Å². The van der Waals surface area contributed by atoms with Gasteiger partial charge in [0, 0.05) is 24.9 Å². The molecule has 0 aromatic carbocycles. The monoisotopic (exact) mass is 293 g/mol. The SMILES string of the molecule is O=C(CC1CCCC1)N1CCCCC1C1CCCCC1O. The first-order valence-corrected chi connectivity index (χ1v) is 9.23. The molecule has 3 fully saturated rings. The number of amides is 1. The number of nitrogens with zero attached hydrogens (tertiary/aromatic N) is 1. The van der Waals surface area contributed by atoms with Crippen molar-refractivity contribution in [2.45, 2.75) is 89.2 Å². The third-order valence-corrected chi connectivity index (χ3v) is 6.08. The Morgan fingerprint density at radius 3 is 2.33 bits per heavy atom. The number of aliphatic hydroxyl groups excluding tert-OH is 1. The summed E-state index contributed by atoms with van der Waals surface area (Å²) >= 11 is 0. The smallest absolute Gasteiger partial charge is 0.223 e. The van der Waals surface area contributed by atoms with E-state index >= 15 is 0 Å². The zero-order chi connectivity index (χ0) is 14.7. The van der Waals surface area contributed by atoms with Crippen molar-refractivity contribution >= 4 is 5.91 Å². The molecular weight excluding hydrogens is 262 g/mol. The molecular formula is C18H31NO2. The molecule has 3 rings (SSSR count). The Balaban J connectivity index is 1.63. The van der Waals surface area contributed by atoms with Gasteiger partial charge in [-0.3, -0.25) is 4.79 Å². The number of carbonyl (C=O) groups excluding carboxylic acids is 1. The summed E-state index contributed by atoms with van der Waals surface area (Å²) in [6.45, 7) is 0.930. The highest BCUT2D eigenvalue weighted by Gasteiger charge is 2.37. The van der Waals surface area contributed by atoms with Crippen LogP contribution in [0.25, 0.3) is 0 Å². The van der Waals surface area contributed by atoms with E-state index in [4.69, 9.17) is 0 Å². The second kappa shape index (κ2) is 7.13. The van der Waals surface area contributed by atoms with Crippen LogP contribution in [0.15, 0.2) is 0 Å². The lowest BCUT2D eigenvalue weighted by atomic mass is 9.77. The fraction of sp³-hybridized carbons (Fsp3) is 0.944. The van der Waals surface area contributed by atoms with Gasteiger partial charge >= 0.3 is 0 Å². The number of hydrogen-bond donors (Lipinski definition) is 1. The van der Waals surface area contributed by atoms with Gasteiger partial charge in [-0.2, -0.15) is 0 Å². The summed E-state index contributed by atoms with van der Waals surface area (Å²) in [5, 5.41) is 10.4. The molecule has 3 heteroatoms. The van der Waals surface area contributed by atoms with Crippen molar-refractivity contribution in [2.24, 2.45) is 11.8 Å². The number of carbonyl (C=O) groups is 1. The van der Waals surface area contributed by atoms with Crippen LogP contribution in [-0.2, 0) is 4.79 Å². The Labute approximate surface area is 129 Å². The van der Waals surface area contributed by atoms with Crippen molar-refractivity contribution in [3.63, 3.8) is 0 Å². The van der Waals surface area contributed by atoms with E-state index in [9.17, 15) is 9.90 Å². The van der Waals surface area contributed by atoms with Crippen LogP contribution in [0.4, 0.5) is 0 Å². The topological polar surface area (TPSA) is 40.5 Å². The summed E-state index contributed by atoms with van der Waals surface area (Å²) in [6, 6.07) is 0.322. The molecule has 1 amide bonds. The fourth-order valence-corrected chi connectivity index (χ4v) is 4.88. The zero-order valence-electron chi connectivity index (χ0n) is 13.3. The highest BCUT2D eigenvalue weighted by molar-refractivity contribution is 5.77. The summed E-state index contributed by atoms with van der Waals surface area (Å²) in [5.41, 5.74) is 0. The molecule has 2 aliphatic carbocycles. The molecule has 0 radical (unpaired) electrons. The Morgan fingerprint density at radius 2 is 1.57 bits per heavy atom. The molecule has 120 valence electrons. The van der Waals surface area contributed by atoms with E-state index in [0.29, 0.717) is 23.8 Å². The van der Waals surface area contributed by atoms with Crippen molar-refractivity contribution < 1.29 is 9.90 Å². The third kappa shape index (κ3) is 3.61. The van der Waals surface area contributed by atoms with Crippen LogP contribution in [0, 0.1) is 11.8 Å².